The zero-order valence-corrected chi connectivity index (χ0v) is 28.0. The number of likely N-dealkylation sites (tertiary alicyclic amines) is 2. The number of piperidine rings is 2. The van der Waals surface area contributed by atoms with Gasteiger partial charge in [0, 0.05) is 57.8 Å². The van der Waals surface area contributed by atoms with Gasteiger partial charge in [0.2, 0.25) is 5.91 Å². The number of nitrogens with zero attached hydrogens (tertiary/aromatic N) is 4. The number of amides is 3. The second-order valence-corrected chi connectivity index (χ2v) is 12.5. The van der Waals surface area contributed by atoms with E-state index in [-0.39, 0.29) is 23.8 Å². The summed E-state index contributed by atoms with van der Waals surface area (Å²) < 4.78 is 11.7. The highest BCUT2D eigenvalue weighted by atomic mass is 16.6. The van der Waals surface area contributed by atoms with E-state index in [0.717, 1.165) is 94.1 Å². The summed E-state index contributed by atoms with van der Waals surface area (Å²) in [6.07, 6.45) is 2.60. The second-order valence-electron chi connectivity index (χ2n) is 12.5. The minimum atomic E-state index is -0.440. The maximum Gasteiger partial charge on any atom is 0.411 e. The van der Waals surface area contributed by atoms with Crippen LogP contribution in [0.3, 0.4) is 0 Å². The molecule has 47 heavy (non-hydrogen) atoms. The van der Waals surface area contributed by atoms with Gasteiger partial charge in [0.05, 0.1) is 12.2 Å². The molecule has 5 rings (SSSR count). The normalized spacial score (nSPS) is 16.5. The fourth-order valence-corrected chi connectivity index (χ4v) is 6.51. The smallest absolute Gasteiger partial charge is 0.411 e. The summed E-state index contributed by atoms with van der Waals surface area (Å²) in [5.41, 5.74) is 2.70. The van der Waals surface area contributed by atoms with Gasteiger partial charge >= 0.3 is 6.09 Å². The predicted molar refractivity (Wildman–Crippen MR) is 183 cm³/mol. The zero-order valence-electron chi connectivity index (χ0n) is 28.0. The van der Waals surface area contributed by atoms with Crippen molar-refractivity contribution in [1.29, 1.82) is 0 Å². The topological polar surface area (TPSA) is 98.6 Å². The van der Waals surface area contributed by atoms with Crippen LogP contribution in [0.2, 0.25) is 0 Å². The van der Waals surface area contributed by atoms with Gasteiger partial charge in [0.1, 0.15) is 11.9 Å². The van der Waals surface area contributed by atoms with Crippen molar-refractivity contribution in [2.75, 3.05) is 64.7 Å². The number of hydrogen-bond donors (Lipinski definition) is 1. The van der Waals surface area contributed by atoms with E-state index in [9.17, 15) is 14.4 Å². The van der Waals surface area contributed by atoms with Crippen molar-refractivity contribution < 1.29 is 23.5 Å². The molecule has 0 radical (unpaired) electrons. The largest absolute Gasteiger partial charge is 0.455 e. The number of ether oxygens (including phenoxy) is 1. The summed E-state index contributed by atoms with van der Waals surface area (Å²) in [5.74, 6) is 1.35. The molecule has 2 aliphatic heterocycles. The monoisotopic (exact) mass is 643 g/mol. The fraction of sp³-hybridized carbons (Fsp3) is 0.486. The van der Waals surface area contributed by atoms with Gasteiger partial charge in [0.15, 0.2) is 5.76 Å². The Morgan fingerprint density at radius 1 is 0.851 bits per heavy atom. The van der Waals surface area contributed by atoms with E-state index >= 15 is 0 Å². The molecule has 0 saturated carbocycles. The zero-order chi connectivity index (χ0) is 33.2. The SMILES string of the molecule is CCN(CC)C(=O)C1CCN(Cc2ccc(C(=O)N(C)CCN3CCC(OC(=O)Nc4ccccc4-c4ccccc4)CC3)o2)CC1. The lowest BCUT2D eigenvalue weighted by atomic mass is 9.95. The first-order chi connectivity index (χ1) is 22.8. The van der Waals surface area contributed by atoms with Gasteiger partial charge in [0.25, 0.3) is 5.91 Å². The van der Waals surface area contributed by atoms with E-state index in [4.69, 9.17) is 9.15 Å². The lowest BCUT2D eigenvalue weighted by molar-refractivity contribution is -0.136. The molecular weight excluding hydrogens is 594 g/mol. The first-order valence-corrected chi connectivity index (χ1v) is 17.0. The molecule has 0 spiro atoms. The number of carbonyl (C=O) groups excluding carboxylic acids is 3. The van der Waals surface area contributed by atoms with Crippen molar-refractivity contribution in [3.05, 3.63) is 78.3 Å². The minimum absolute atomic E-state index is 0.0969. The van der Waals surface area contributed by atoms with Crippen LogP contribution >= 0.6 is 0 Å². The Balaban J connectivity index is 1.00. The maximum atomic E-state index is 13.1. The van der Waals surface area contributed by atoms with Crippen molar-refractivity contribution in [2.45, 2.75) is 52.2 Å². The summed E-state index contributed by atoms with van der Waals surface area (Å²) in [5, 5.41) is 2.93. The lowest BCUT2D eigenvalue weighted by Gasteiger charge is -2.33. The molecule has 2 saturated heterocycles. The van der Waals surface area contributed by atoms with Crippen molar-refractivity contribution in [2.24, 2.45) is 5.92 Å². The first-order valence-electron chi connectivity index (χ1n) is 17.0. The van der Waals surface area contributed by atoms with Crippen LogP contribution in [0.5, 0.6) is 0 Å². The molecule has 0 aliphatic carbocycles. The number of rotatable bonds is 12. The van der Waals surface area contributed by atoms with Gasteiger partial charge in [-0.3, -0.25) is 19.8 Å². The average Bonchev–Trinajstić information content (AvgIpc) is 3.57. The van der Waals surface area contributed by atoms with Crippen molar-refractivity contribution in [1.82, 2.24) is 19.6 Å². The van der Waals surface area contributed by atoms with Crippen molar-refractivity contribution in [3.8, 4) is 11.1 Å². The minimum Gasteiger partial charge on any atom is -0.455 e. The van der Waals surface area contributed by atoms with Crippen LogP contribution in [-0.2, 0) is 16.1 Å². The molecule has 2 aliphatic rings. The summed E-state index contributed by atoms with van der Waals surface area (Å²) in [7, 11) is 1.80. The van der Waals surface area contributed by atoms with Crippen LogP contribution in [0.1, 0.15) is 55.8 Å². The second kappa shape index (κ2) is 16.6. The van der Waals surface area contributed by atoms with Gasteiger partial charge in [-0.1, -0.05) is 48.5 Å². The molecule has 3 heterocycles. The summed E-state index contributed by atoms with van der Waals surface area (Å²) >= 11 is 0. The quantitative estimate of drug-likeness (QED) is 0.266. The number of likely N-dealkylation sites (N-methyl/N-ethyl adjacent to an activating group) is 1. The summed E-state index contributed by atoms with van der Waals surface area (Å²) in [6, 6.07) is 21.3. The maximum absolute atomic E-state index is 13.1. The number of hydrogen-bond acceptors (Lipinski definition) is 7. The van der Waals surface area contributed by atoms with E-state index in [0.29, 0.717) is 18.8 Å². The highest BCUT2D eigenvalue weighted by molar-refractivity contribution is 5.92. The van der Waals surface area contributed by atoms with Crippen LogP contribution < -0.4 is 5.32 Å². The average molecular weight is 644 g/mol. The van der Waals surface area contributed by atoms with Crippen LogP contribution in [0, 0.1) is 5.92 Å². The lowest BCUT2D eigenvalue weighted by Crippen LogP contribution is -2.42. The highest BCUT2D eigenvalue weighted by Gasteiger charge is 2.28. The van der Waals surface area contributed by atoms with Crippen LogP contribution in [-0.4, -0.2) is 103 Å². The van der Waals surface area contributed by atoms with Crippen molar-refractivity contribution in [3.63, 3.8) is 0 Å². The predicted octanol–water partition coefficient (Wildman–Crippen LogP) is 5.81. The molecular formula is C37H49N5O5. The van der Waals surface area contributed by atoms with Gasteiger partial charge in [-0.05, 0) is 76.4 Å². The van der Waals surface area contributed by atoms with E-state index in [1.807, 2.05) is 79.4 Å². The molecule has 2 aromatic carbocycles. The molecule has 252 valence electrons. The van der Waals surface area contributed by atoms with E-state index in [1.54, 1.807) is 18.0 Å². The number of furan rings is 1. The Morgan fingerprint density at radius 2 is 1.51 bits per heavy atom. The summed E-state index contributed by atoms with van der Waals surface area (Å²) in [6.45, 7) is 10.8. The fourth-order valence-electron chi connectivity index (χ4n) is 6.51. The molecule has 0 atom stereocenters. The number of nitrogens with one attached hydrogen (secondary N) is 1. The van der Waals surface area contributed by atoms with Crippen molar-refractivity contribution >= 4 is 23.6 Å². The van der Waals surface area contributed by atoms with E-state index in [2.05, 4.69) is 15.1 Å². The molecule has 10 heteroatoms. The number of para-hydroxylation sites is 1. The molecule has 3 aromatic rings. The summed E-state index contributed by atoms with van der Waals surface area (Å²) in [4.78, 5) is 46.8. The van der Waals surface area contributed by atoms with Crippen LogP contribution in [0.15, 0.2) is 71.1 Å². The van der Waals surface area contributed by atoms with E-state index in [1.165, 1.54) is 0 Å². The molecule has 1 aromatic heterocycles. The molecule has 10 nitrogen and oxygen atoms in total. The van der Waals surface area contributed by atoms with Crippen LogP contribution in [0.25, 0.3) is 11.1 Å². The molecule has 0 unspecified atom stereocenters. The third-order valence-electron chi connectivity index (χ3n) is 9.42. The Kier molecular flexibility index (Phi) is 12.1. The van der Waals surface area contributed by atoms with Gasteiger partial charge in [-0.2, -0.15) is 0 Å². The van der Waals surface area contributed by atoms with Gasteiger partial charge in [-0.15, -0.1) is 0 Å². The third-order valence-corrected chi connectivity index (χ3v) is 9.42. The number of carbonyl (C=O) groups is 3. The number of benzene rings is 2. The Labute approximate surface area is 278 Å². The standard InChI is InChI=1S/C37H49N5O5/c1-4-42(5-2)35(43)29-17-21-41(22-18-29)27-31-15-16-34(46-31)36(44)39(3)25-26-40-23-19-30(20-24-40)47-37(45)38-33-14-10-9-13-32(33)28-11-7-6-8-12-28/h6-16,29-30H,4-5,17-27H2,1-3H3,(H,38,45). The molecule has 1 N–H and O–H groups in total. The Bertz CT molecular complexity index is 1460. The Hall–Kier alpha value is -4.15. The first kappa shape index (κ1) is 34.2. The van der Waals surface area contributed by atoms with Gasteiger partial charge in [-0.25, -0.2) is 4.79 Å². The molecule has 3 amide bonds. The highest BCUT2D eigenvalue weighted by Crippen LogP contribution is 2.28. The van der Waals surface area contributed by atoms with Gasteiger partial charge < -0.3 is 23.9 Å². The van der Waals surface area contributed by atoms with Crippen LogP contribution in [0.4, 0.5) is 10.5 Å². The van der Waals surface area contributed by atoms with E-state index < -0.39 is 6.09 Å². The Morgan fingerprint density at radius 3 is 2.21 bits per heavy atom. The molecule has 2 fully saturated rings. The third kappa shape index (κ3) is 9.23. The number of anilines is 1. The molecule has 0 bridgehead atoms.